The maximum absolute atomic E-state index is 5.83. The second kappa shape index (κ2) is 4.24. The van der Waals surface area contributed by atoms with Crippen LogP contribution >= 0.6 is 0 Å². The van der Waals surface area contributed by atoms with E-state index in [0.717, 1.165) is 19.0 Å². The summed E-state index contributed by atoms with van der Waals surface area (Å²) in [5.74, 6) is 0.744. The Morgan fingerprint density at radius 2 is 2.08 bits per heavy atom. The maximum atomic E-state index is 5.83. The van der Waals surface area contributed by atoms with Crippen LogP contribution in [0.25, 0.3) is 0 Å². The Morgan fingerprint density at radius 1 is 1.42 bits per heavy atom. The Kier molecular flexibility index (Phi) is 3.53. The summed E-state index contributed by atoms with van der Waals surface area (Å²) in [6, 6.07) is 0. The lowest BCUT2D eigenvalue weighted by molar-refractivity contribution is -0.0766. The third-order valence-electron chi connectivity index (χ3n) is 2.24. The van der Waals surface area contributed by atoms with Crippen LogP contribution < -0.4 is 0 Å². The summed E-state index contributed by atoms with van der Waals surface area (Å²) in [5, 5.41) is 0. The number of ether oxygens (including phenoxy) is 1. The molecule has 0 N–H and O–H groups in total. The molecule has 1 heterocycles. The maximum Gasteiger partial charge on any atom is 0.0708 e. The lowest BCUT2D eigenvalue weighted by atomic mass is 10.0. The van der Waals surface area contributed by atoms with Gasteiger partial charge in [0.15, 0.2) is 0 Å². The van der Waals surface area contributed by atoms with Gasteiger partial charge in [-0.3, -0.25) is 0 Å². The molecule has 2 atom stereocenters. The van der Waals surface area contributed by atoms with Gasteiger partial charge in [-0.25, -0.2) is 0 Å². The zero-order valence-corrected chi connectivity index (χ0v) is 8.71. The van der Waals surface area contributed by atoms with Crippen molar-refractivity contribution in [1.29, 1.82) is 0 Å². The van der Waals surface area contributed by atoms with Crippen molar-refractivity contribution in [1.82, 2.24) is 4.90 Å². The molecule has 0 radical (unpaired) electrons. The van der Waals surface area contributed by atoms with E-state index in [0.29, 0.717) is 12.2 Å². The fourth-order valence-electron chi connectivity index (χ4n) is 1.93. The zero-order chi connectivity index (χ0) is 9.14. The van der Waals surface area contributed by atoms with Gasteiger partial charge in [-0.2, -0.15) is 0 Å². The molecule has 0 aromatic carbocycles. The van der Waals surface area contributed by atoms with Gasteiger partial charge in [0.25, 0.3) is 0 Å². The Labute approximate surface area is 75.9 Å². The first-order valence-electron chi connectivity index (χ1n) is 4.92. The molecule has 0 amide bonds. The van der Waals surface area contributed by atoms with E-state index >= 15 is 0 Å². The van der Waals surface area contributed by atoms with E-state index in [2.05, 4.69) is 32.7 Å². The van der Waals surface area contributed by atoms with Gasteiger partial charge in [0.1, 0.15) is 0 Å². The zero-order valence-electron chi connectivity index (χ0n) is 8.71. The first kappa shape index (κ1) is 10.0. The standard InChI is InChI=1S/C10H21NO/c1-8(2)5-10-7-11(4)6-9(3)12-10/h8-10H,5-7H2,1-4H3. The minimum atomic E-state index is 0.410. The van der Waals surface area contributed by atoms with Crippen LogP contribution in [0.4, 0.5) is 0 Å². The van der Waals surface area contributed by atoms with Gasteiger partial charge in [0.05, 0.1) is 12.2 Å². The molecule has 1 saturated heterocycles. The van der Waals surface area contributed by atoms with E-state index in [9.17, 15) is 0 Å². The fourth-order valence-corrected chi connectivity index (χ4v) is 1.93. The van der Waals surface area contributed by atoms with Crippen LogP contribution in [-0.4, -0.2) is 37.2 Å². The lowest BCUT2D eigenvalue weighted by Gasteiger charge is -2.35. The molecular formula is C10H21NO. The predicted octanol–water partition coefficient (Wildman–Crippen LogP) is 1.75. The third kappa shape index (κ3) is 3.11. The number of likely N-dealkylation sites (N-methyl/N-ethyl adjacent to an activating group) is 1. The number of hydrogen-bond donors (Lipinski definition) is 0. The topological polar surface area (TPSA) is 12.5 Å². The van der Waals surface area contributed by atoms with Crippen molar-refractivity contribution in [2.24, 2.45) is 5.92 Å². The highest BCUT2D eigenvalue weighted by molar-refractivity contribution is 4.74. The highest BCUT2D eigenvalue weighted by Gasteiger charge is 2.22. The van der Waals surface area contributed by atoms with Gasteiger partial charge in [0, 0.05) is 13.1 Å². The van der Waals surface area contributed by atoms with Crippen molar-refractivity contribution in [3.63, 3.8) is 0 Å². The lowest BCUT2D eigenvalue weighted by Crippen LogP contribution is -2.44. The molecule has 0 bridgehead atoms. The molecule has 2 unspecified atom stereocenters. The summed E-state index contributed by atoms with van der Waals surface area (Å²) in [6.07, 6.45) is 2.06. The fraction of sp³-hybridized carbons (Fsp3) is 1.00. The van der Waals surface area contributed by atoms with Crippen molar-refractivity contribution >= 4 is 0 Å². The normalized spacial score (nSPS) is 32.8. The minimum absolute atomic E-state index is 0.410. The van der Waals surface area contributed by atoms with Gasteiger partial charge < -0.3 is 9.64 Å². The Balaban J connectivity index is 2.34. The van der Waals surface area contributed by atoms with Crippen LogP contribution in [0.3, 0.4) is 0 Å². The van der Waals surface area contributed by atoms with Gasteiger partial charge in [-0.15, -0.1) is 0 Å². The number of hydrogen-bond acceptors (Lipinski definition) is 2. The van der Waals surface area contributed by atoms with Crippen LogP contribution in [0.15, 0.2) is 0 Å². The third-order valence-corrected chi connectivity index (χ3v) is 2.24. The van der Waals surface area contributed by atoms with Gasteiger partial charge in [-0.1, -0.05) is 13.8 Å². The molecule has 2 nitrogen and oxygen atoms in total. The van der Waals surface area contributed by atoms with Gasteiger partial charge in [-0.05, 0) is 26.3 Å². The molecule has 0 saturated carbocycles. The molecule has 1 fully saturated rings. The van der Waals surface area contributed by atoms with Crippen LogP contribution in [-0.2, 0) is 4.74 Å². The highest BCUT2D eigenvalue weighted by Crippen LogP contribution is 2.15. The molecule has 0 aliphatic carbocycles. The van der Waals surface area contributed by atoms with Crippen molar-refractivity contribution in [3.8, 4) is 0 Å². The Hall–Kier alpha value is -0.0800. The largest absolute Gasteiger partial charge is 0.373 e. The van der Waals surface area contributed by atoms with E-state index < -0.39 is 0 Å². The summed E-state index contributed by atoms with van der Waals surface area (Å²) < 4.78 is 5.83. The number of morpholine rings is 1. The monoisotopic (exact) mass is 171 g/mol. The summed E-state index contributed by atoms with van der Waals surface area (Å²) >= 11 is 0. The first-order valence-corrected chi connectivity index (χ1v) is 4.92. The Bertz CT molecular complexity index is 123. The summed E-state index contributed by atoms with van der Waals surface area (Å²) in [4.78, 5) is 2.36. The van der Waals surface area contributed by atoms with Crippen LogP contribution in [0.5, 0.6) is 0 Å². The van der Waals surface area contributed by atoms with Crippen molar-refractivity contribution in [2.45, 2.75) is 39.4 Å². The predicted molar refractivity (Wildman–Crippen MR) is 51.3 cm³/mol. The molecule has 0 aromatic rings. The Morgan fingerprint density at radius 3 is 2.58 bits per heavy atom. The van der Waals surface area contributed by atoms with E-state index in [1.54, 1.807) is 0 Å². The SMILES string of the molecule is CC(C)CC1CN(C)CC(C)O1. The van der Waals surface area contributed by atoms with E-state index in [1.165, 1.54) is 6.42 Å². The quantitative estimate of drug-likeness (QED) is 0.627. The molecule has 12 heavy (non-hydrogen) atoms. The first-order chi connectivity index (χ1) is 5.58. The number of rotatable bonds is 2. The molecule has 0 spiro atoms. The van der Waals surface area contributed by atoms with Crippen LogP contribution in [0.2, 0.25) is 0 Å². The van der Waals surface area contributed by atoms with E-state index in [1.807, 2.05) is 0 Å². The molecule has 1 rings (SSSR count). The van der Waals surface area contributed by atoms with Gasteiger partial charge in [0.2, 0.25) is 0 Å². The smallest absolute Gasteiger partial charge is 0.0708 e. The average Bonchev–Trinajstić information content (AvgIpc) is 1.81. The summed E-state index contributed by atoms with van der Waals surface area (Å²) in [6.45, 7) is 8.84. The molecule has 0 aromatic heterocycles. The van der Waals surface area contributed by atoms with Crippen molar-refractivity contribution in [2.75, 3.05) is 20.1 Å². The molecule has 1 aliphatic heterocycles. The average molecular weight is 171 g/mol. The number of nitrogens with zero attached hydrogens (tertiary/aromatic N) is 1. The molecule has 72 valence electrons. The second-order valence-electron chi connectivity index (χ2n) is 4.42. The minimum Gasteiger partial charge on any atom is -0.373 e. The molecule has 2 heteroatoms. The molecular weight excluding hydrogens is 150 g/mol. The summed E-state index contributed by atoms with van der Waals surface area (Å²) in [7, 11) is 2.17. The second-order valence-corrected chi connectivity index (χ2v) is 4.42. The van der Waals surface area contributed by atoms with Crippen LogP contribution in [0.1, 0.15) is 27.2 Å². The molecule has 1 aliphatic rings. The van der Waals surface area contributed by atoms with Crippen molar-refractivity contribution < 1.29 is 4.74 Å². The van der Waals surface area contributed by atoms with Gasteiger partial charge >= 0.3 is 0 Å². The van der Waals surface area contributed by atoms with Crippen LogP contribution in [0, 0.1) is 5.92 Å². The van der Waals surface area contributed by atoms with E-state index in [4.69, 9.17) is 4.74 Å². The van der Waals surface area contributed by atoms with Crippen molar-refractivity contribution in [3.05, 3.63) is 0 Å². The van der Waals surface area contributed by atoms with E-state index in [-0.39, 0.29) is 0 Å². The highest BCUT2D eigenvalue weighted by atomic mass is 16.5. The summed E-state index contributed by atoms with van der Waals surface area (Å²) in [5.41, 5.74) is 0.